The number of hydrogen-bond acceptors (Lipinski definition) is 3. The second-order valence-corrected chi connectivity index (χ2v) is 4.68. The van der Waals surface area contributed by atoms with E-state index in [0.29, 0.717) is 18.2 Å². The molecule has 1 amide bonds. The van der Waals surface area contributed by atoms with Crippen molar-refractivity contribution < 1.29 is 4.79 Å². The van der Waals surface area contributed by atoms with Gasteiger partial charge in [0.25, 0.3) is 5.91 Å². The molecule has 0 atom stereocenters. The van der Waals surface area contributed by atoms with E-state index in [1.165, 1.54) is 18.5 Å². The Hall–Kier alpha value is -1.07. The number of halogens is 1. The van der Waals surface area contributed by atoms with Crippen LogP contribution in [0.4, 0.5) is 0 Å². The van der Waals surface area contributed by atoms with Crippen molar-refractivity contribution in [1.82, 2.24) is 20.0 Å². The summed E-state index contributed by atoms with van der Waals surface area (Å²) in [5.74, 6) is 0.624. The summed E-state index contributed by atoms with van der Waals surface area (Å²) in [4.78, 5) is 13.8. The van der Waals surface area contributed by atoms with Gasteiger partial charge in [0.1, 0.15) is 0 Å². The van der Waals surface area contributed by atoms with Crippen molar-refractivity contribution in [2.75, 3.05) is 27.2 Å². The zero-order valence-corrected chi connectivity index (χ0v) is 12.0. The smallest absolute Gasteiger partial charge is 0.274 e. The molecule has 1 N–H and O–H groups in total. The topological polar surface area (TPSA) is 50.2 Å². The van der Waals surface area contributed by atoms with Gasteiger partial charge in [-0.05, 0) is 26.0 Å². The van der Waals surface area contributed by atoms with Crippen molar-refractivity contribution in [3.8, 4) is 0 Å². The lowest BCUT2D eigenvalue weighted by atomic mass is 10.2. The fraction of sp³-hybridized carbons (Fsp3) is 0.667. The van der Waals surface area contributed by atoms with Gasteiger partial charge >= 0.3 is 0 Å². The molecular formula is C12H21ClN4O. The third-order valence-electron chi connectivity index (χ3n) is 3.17. The van der Waals surface area contributed by atoms with Crippen molar-refractivity contribution in [3.05, 3.63) is 17.5 Å². The number of aromatic nitrogens is 2. The van der Waals surface area contributed by atoms with Crippen LogP contribution in [-0.2, 0) is 7.05 Å². The van der Waals surface area contributed by atoms with Gasteiger partial charge in [-0.25, -0.2) is 0 Å². The van der Waals surface area contributed by atoms with E-state index < -0.39 is 0 Å². The Kier molecular flexibility index (Phi) is 5.16. The van der Waals surface area contributed by atoms with Crippen LogP contribution < -0.4 is 5.32 Å². The molecule has 1 aliphatic rings. The molecule has 1 fully saturated rings. The summed E-state index contributed by atoms with van der Waals surface area (Å²) in [6.45, 7) is 1.50. The summed E-state index contributed by atoms with van der Waals surface area (Å²) >= 11 is 0. The van der Waals surface area contributed by atoms with Crippen molar-refractivity contribution >= 4 is 18.3 Å². The van der Waals surface area contributed by atoms with Crippen LogP contribution in [0.5, 0.6) is 0 Å². The number of rotatable bonds is 5. The summed E-state index contributed by atoms with van der Waals surface area (Å²) in [6, 6.07) is 1.94. The van der Waals surface area contributed by atoms with E-state index in [1.54, 1.807) is 4.90 Å². The zero-order valence-electron chi connectivity index (χ0n) is 11.1. The van der Waals surface area contributed by atoms with Crippen LogP contribution in [0.25, 0.3) is 0 Å². The molecule has 0 unspecified atom stereocenters. The van der Waals surface area contributed by atoms with Crippen LogP contribution in [0.15, 0.2) is 6.07 Å². The molecule has 1 aromatic heterocycles. The molecule has 0 bridgehead atoms. The van der Waals surface area contributed by atoms with Crippen LogP contribution >= 0.6 is 12.4 Å². The van der Waals surface area contributed by atoms with Crippen LogP contribution in [0.2, 0.25) is 0 Å². The monoisotopic (exact) mass is 272 g/mol. The van der Waals surface area contributed by atoms with Gasteiger partial charge in [-0.2, -0.15) is 5.10 Å². The summed E-state index contributed by atoms with van der Waals surface area (Å²) in [5, 5.41) is 7.34. The van der Waals surface area contributed by atoms with E-state index in [1.807, 2.05) is 31.9 Å². The third-order valence-corrected chi connectivity index (χ3v) is 3.17. The Morgan fingerprint density at radius 3 is 2.83 bits per heavy atom. The highest BCUT2D eigenvalue weighted by molar-refractivity contribution is 5.92. The first kappa shape index (κ1) is 15.0. The van der Waals surface area contributed by atoms with Crippen LogP contribution in [-0.4, -0.2) is 47.8 Å². The first-order chi connectivity index (χ1) is 8.13. The minimum Gasteiger partial charge on any atom is -0.339 e. The fourth-order valence-corrected chi connectivity index (χ4v) is 1.92. The number of nitrogens with one attached hydrogen (secondary N) is 1. The van der Waals surface area contributed by atoms with Gasteiger partial charge in [-0.3, -0.25) is 9.48 Å². The van der Waals surface area contributed by atoms with Gasteiger partial charge in [0, 0.05) is 38.8 Å². The van der Waals surface area contributed by atoms with Crippen molar-refractivity contribution in [2.24, 2.45) is 7.05 Å². The SMILES string of the molecule is CNCCN(C)C(=O)c1cc(C2CC2)n(C)n1.Cl. The summed E-state index contributed by atoms with van der Waals surface area (Å²) in [7, 11) is 5.60. The molecule has 0 aromatic carbocycles. The quantitative estimate of drug-likeness (QED) is 0.870. The summed E-state index contributed by atoms with van der Waals surface area (Å²) in [6.07, 6.45) is 2.45. The highest BCUT2D eigenvalue weighted by Gasteiger charge is 2.28. The van der Waals surface area contributed by atoms with Gasteiger partial charge in [-0.1, -0.05) is 0 Å². The average molecular weight is 273 g/mol. The number of likely N-dealkylation sites (N-methyl/N-ethyl adjacent to an activating group) is 2. The van der Waals surface area contributed by atoms with Gasteiger partial charge < -0.3 is 10.2 Å². The summed E-state index contributed by atoms with van der Waals surface area (Å²) < 4.78 is 1.84. The lowest BCUT2D eigenvalue weighted by Gasteiger charge is -2.14. The Morgan fingerprint density at radius 2 is 2.28 bits per heavy atom. The number of aryl methyl sites for hydroxylation is 1. The van der Waals surface area contributed by atoms with Gasteiger partial charge in [0.05, 0.1) is 0 Å². The van der Waals surface area contributed by atoms with E-state index in [0.717, 1.165) is 6.54 Å². The minimum absolute atomic E-state index is 0. The molecule has 1 aromatic rings. The molecule has 5 nitrogen and oxygen atoms in total. The number of nitrogens with zero attached hydrogens (tertiary/aromatic N) is 3. The molecule has 0 spiro atoms. The van der Waals surface area contributed by atoms with Crippen LogP contribution in [0.1, 0.15) is 34.9 Å². The Bertz CT molecular complexity index is 414. The number of hydrogen-bond donors (Lipinski definition) is 1. The maximum absolute atomic E-state index is 12.1. The molecule has 1 heterocycles. The molecule has 0 saturated heterocycles. The number of amides is 1. The minimum atomic E-state index is 0. The van der Waals surface area contributed by atoms with E-state index in [4.69, 9.17) is 0 Å². The molecule has 0 radical (unpaired) electrons. The highest BCUT2D eigenvalue weighted by atomic mass is 35.5. The molecule has 102 valence electrons. The zero-order chi connectivity index (χ0) is 12.4. The second-order valence-electron chi connectivity index (χ2n) is 4.68. The van der Waals surface area contributed by atoms with E-state index in [-0.39, 0.29) is 18.3 Å². The largest absolute Gasteiger partial charge is 0.339 e. The van der Waals surface area contributed by atoms with Crippen molar-refractivity contribution in [2.45, 2.75) is 18.8 Å². The summed E-state index contributed by atoms with van der Waals surface area (Å²) in [5.41, 5.74) is 1.75. The van der Waals surface area contributed by atoms with Crippen LogP contribution in [0.3, 0.4) is 0 Å². The first-order valence-corrected chi connectivity index (χ1v) is 6.07. The fourth-order valence-electron chi connectivity index (χ4n) is 1.92. The predicted molar refractivity (Wildman–Crippen MR) is 73.3 cm³/mol. The number of carbonyl (C=O) groups is 1. The molecule has 2 rings (SSSR count). The standard InChI is InChI=1S/C12H20N4O.ClH/c1-13-6-7-15(2)12(17)10-8-11(9-4-5-9)16(3)14-10;/h8-9,13H,4-7H2,1-3H3;1H. The third kappa shape index (κ3) is 3.23. The maximum Gasteiger partial charge on any atom is 0.274 e. The molecule has 6 heteroatoms. The Morgan fingerprint density at radius 1 is 1.61 bits per heavy atom. The van der Waals surface area contributed by atoms with Gasteiger partial charge in [-0.15, -0.1) is 12.4 Å². The predicted octanol–water partition coefficient (Wildman–Crippen LogP) is 1.01. The van der Waals surface area contributed by atoms with E-state index in [2.05, 4.69) is 10.4 Å². The molecule has 1 aliphatic carbocycles. The maximum atomic E-state index is 12.1. The second kappa shape index (κ2) is 6.20. The normalized spacial score (nSPS) is 14.2. The van der Waals surface area contributed by atoms with Crippen molar-refractivity contribution in [1.29, 1.82) is 0 Å². The first-order valence-electron chi connectivity index (χ1n) is 6.07. The highest BCUT2D eigenvalue weighted by Crippen LogP contribution is 2.39. The Labute approximate surface area is 114 Å². The number of carbonyl (C=O) groups excluding carboxylic acids is 1. The lowest BCUT2D eigenvalue weighted by molar-refractivity contribution is 0.0790. The lowest BCUT2D eigenvalue weighted by Crippen LogP contribution is -2.33. The molecule has 1 saturated carbocycles. The molecule has 0 aliphatic heterocycles. The average Bonchev–Trinajstić information content (AvgIpc) is 3.08. The Balaban J connectivity index is 0.00000162. The molecular weight excluding hydrogens is 252 g/mol. The van der Waals surface area contributed by atoms with Gasteiger partial charge in [0.2, 0.25) is 0 Å². The van der Waals surface area contributed by atoms with E-state index >= 15 is 0 Å². The molecule has 18 heavy (non-hydrogen) atoms. The van der Waals surface area contributed by atoms with Crippen LogP contribution in [0, 0.1) is 0 Å². The van der Waals surface area contributed by atoms with Gasteiger partial charge in [0.15, 0.2) is 5.69 Å². The van der Waals surface area contributed by atoms with Crippen molar-refractivity contribution in [3.63, 3.8) is 0 Å². The van der Waals surface area contributed by atoms with E-state index in [9.17, 15) is 4.79 Å².